The fraction of sp³-hybridized carbons (Fsp3) is 0.500. The number of thiazole rings is 1. The van der Waals surface area contributed by atoms with Crippen molar-refractivity contribution in [1.29, 1.82) is 0 Å². The molecule has 4 rings (SSSR count). The first-order valence-corrected chi connectivity index (χ1v) is 9.19. The molecule has 0 radical (unpaired) electrons. The first-order chi connectivity index (χ1) is 10.9. The minimum atomic E-state index is -0.311. The van der Waals surface area contributed by atoms with E-state index in [-0.39, 0.29) is 18.3 Å². The molecule has 0 N–H and O–H groups in total. The molecular weight excluding hydrogens is 305 g/mol. The number of aromatic nitrogens is 1. The molecule has 1 saturated carbocycles. The van der Waals surface area contributed by atoms with E-state index in [1.807, 2.05) is 5.51 Å². The highest BCUT2D eigenvalue weighted by Crippen LogP contribution is 2.42. The molecule has 23 heavy (non-hydrogen) atoms. The van der Waals surface area contributed by atoms with Crippen LogP contribution in [-0.2, 0) is 9.31 Å². The minimum absolute atomic E-state index is 0.309. The van der Waals surface area contributed by atoms with Crippen LogP contribution in [0.4, 0.5) is 0 Å². The highest BCUT2D eigenvalue weighted by Gasteiger charge is 2.51. The van der Waals surface area contributed by atoms with Crippen LogP contribution in [0.15, 0.2) is 29.1 Å². The molecule has 0 spiro atoms. The molecule has 1 aromatic carbocycles. The van der Waals surface area contributed by atoms with Crippen LogP contribution in [0, 0.1) is 0 Å². The van der Waals surface area contributed by atoms with Crippen LogP contribution in [0.2, 0.25) is 0 Å². The van der Waals surface area contributed by atoms with E-state index < -0.39 is 0 Å². The van der Waals surface area contributed by atoms with E-state index in [4.69, 9.17) is 9.31 Å². The summed E-state index contributed by atoms with van der Waals surface area (Å²) in [7, 11) is -0.309. The lowest BCUT2D eigenvalue weighted by molar-refractivity contribution is 0.00578. The summed E-state index contributed by atoms with van der Waals surface area (Å²) in [5.74, 6) is 0.690. The third-order valence-electron chi connectivity index (χ3n) is 5.28. The zero-order chi connectivity index (χ0) is 16.2. The lowest BCUT2D eigenvalue weighted by Gasteiger charge is -2.32. The molecule has 0 atom stereocenters. The van der Waals surface area contributed by atoms with Crippen LogP contribution in [0.25, 0.3) is 11.3 Å². The SMILES string of the molecule is CC1(C)OB(c2cc(-c3cscn3)cc(C3CC3)c2)OC1(C)C. The Labute approximate surface area is 142 Å². The van der Waals surface area contributed by atoms with Crippen LogP contribution < -0.4 is 5.46 Å². The van der Waals surface area contributed by atoms with Crippen molar-refractivity contribution in [2.24, 2.45) is 0 Å². The molecule has 2 aliphatic rings. The van der Waals surface area contributed by atoms with Gasteiger partial charge in [-0.2, -0.15) is 0 Å². The lowest BCUT2D eigenvalue weighted by atomic mass is 9.77. The zero-order valence-electron chi connectivity index (χ0n) is 14.1. The number of hydrogen-bond donors (Lipinski definition) is 0. The number of hydrogen-bond acceptors (Lipinski definition) is 4. The van der Waals surface area contributed by atoms with E-state index in [2.05, 4.69) is 56.3 Å². The number of benzene rings is 1. The summed E-state index contributed by atoms with van der Waals surface area (Å²) in [5.41, 5.74) is 5.96. The summed E-state index contributed by atoms with van der Waals surface area (Å²) in [4.78, 5) is 4.47. The second-order valence-electron chi connectivity index (χ2n) is 7.62. The molecule has 1 saturated heterocycles. The van der Waals surface area contributed by atoms with E-state index in [1.54, 1.807) is 11.3 Å². The highest BCUT2D eigenvalue weighted by molar-refractivity contribution is 7.07. The van der Waals surface area contributed by atoms with E-state index in [0.29, 0.717) is 5.92 Å². The number of nitrogens with zero attached hydrogens (tertiary/aromatic N) is 1. The summed E-state index contributed by atoms with van der Waals surface area (Å²) in [5, 5.41) is 2.10. The summed E-state index contributed by atoms with van der Waals surface area (Å²) >= 11 is 1.63. The summed E-state index contributed by atoms with van der Waals surface area (Å²) in [6, 6.07) is 6.71. The first kappa shape index (κ1) is 15.4. The van der Waals surface area contributed by atoms with Gasteiger partial charge < -0.3 is 9.31 Å². The molecule has 120 valence electrons. The van der Waals surface area contributed by atoms with Crippen LogP contribution in [0.3, 0.4) is 0 Å². The molecule has 2 heterocycles. The third-order valence-corrected chi connectivity index (χ3v) is 5.87. The Morgan fingerprint density at radius 1 is 1.09 bits per heavy atom. The van der Waals surface area contributed by atoms with Gasteiger partial charge in [0, 0.05) is 10.9 Å². The molecule has 1 aliphatic heterocycles. The molecule has 2 fully saturated rings. The Bertz CT molecular complexity index is 707. The van der Waals surface area contributed by atoms with E-state index >= 15 is 0 Å². The third kappa shape index (κ3) is 2.75. The van der Waals surface area contributed by atoms with Crippen LogP contribution in [0.1, 0.15) is 52.0 Å². The van der Waals surface area contributed by atoms with Crippen molar-refractivity contribution in [1.82, 2.24) is 4.98 Å². The molecule has 3 nitrogen and oxygen atoms in total. The van der Waals surface area contributed by atoms with Crippen molar-refractivity contribution in [3.8, 4) is 11.3 Å². The molecular formula is C18H22BNO2S. The highest BCUT2D eigenvalue weighted by atomic mass is 32.1. The fourth-order valence-corrected chi connectivity index (χ4v) is 3.51. The van der Waals surface area contributed by atoms with Gasteiger partial charge in [0.1, 0.15) is 0 Å². The van der Waals surface area contributed by atoms with E-state index in [0.717, 1.165) is 11.2 Å². The zero-order valence-corrected chi connectivity index (χ0v) is 14.9. The molecule has 5 heteroatoms. The quantitative estimate of drug-likeness (QED) is 0.799. The molecule has 1 aliphatic carbocycles. The van der Waals surface area contributed by atoms with Gasteiger partial charge in [-0.1, -0.05) is 12.1 Å². The number of rotatable bonds is 3. The summed E-state index contributed by atoms with van der Waals surface area (Å²) < 4.78 is 12.5. The van der Waals surface area contributed by atoms with Crippen LogP contribution in [0.5, 0.6) is 0 Å². The average Bonchev–Trinajstić information content (AvgIpc) is 3.14. The Morgan fingerprint density at radius 3 is 2.35 bits per heavy atom. The molecule has 0 amide bonds. The predicted octanol–water partition coefficient (Wildman–Crippen LogP) is 3.99. The first-order valence-electron chi connectivity index (χ1n) is 8.25. The largest absolute Gasteiger partial charge is 0.494 e. The molecule has 0 unspecified atom stereocenters. The Morgan fingerprint density at radius 2 is 1.78 bits per heavy atom. The van der Waals surface area contributed by atoms with Crippen molar-refractivity contribution in [3.05, 3.63) is 34.7 Å². The standard InChI is InChI=1S/C18H22BNO2S/c1-17(2)18(3,4)22-19(21-17)15-8-13(12-5-6-12)7-14(9-15)16-10-23-11-20-16/h7-12H,5-6H2,1-4H3. The second kappa shape index (κ2) is 5.17. The Hall–Kier alpha value is -1.17. The van der Waals surface area contributed by atoms with Crippen LogP contribution >= 0.6 is 11.3 Å². The summed E-state index contributed by atoms with van der Waals surface area (Å²) in [6.07, 6.45) is 2.56. The topological polar surface area (TPSA) is 31.4 Å². The van der Waals surface area contributed by atoms with Crippen molar-refractivity contribution >= 4 is 23.9 Å². The predicted molar refractivity (Wildman–Crippen MR) is 95.2 cm³/mol. The Balaban J connectivity index is 1.74. The van der Waals surface area contributed by atoms with Gasteiger partial charge in [-0.05, 0) is 63.5 Å². The van der Waals surface area contributed by atoms with E-state index in [9.17, 15) is 0 Å². The lowest BCUT2D eigenvalue weighted by Crippen LogP contribution is -2.41. The monoisotopic (exact) mass is 327 g/mol. The van der Waals surface area contributed by atoms with Gasteiger partial charge in [0.25, 0.3) is 0 Å². The van der Waals surface area contributed by atoms with Gasteiger partial charge in [0.05, 0.1) is 22.4 Å². The maximum Gasteiger partial charge on any atom is 0.494 e. The maximum absolute atomic E-state index is 6.24. The van der Waals surface area contributed by atoms with Crippen LogP contribution in [-0.4, -0.2) is 23.3 Å². The summed E-state index contributed by atoms with van der Waals surface area (Å²) in [6.45, 7) is 8.39. The van der Waals surface area contributed by atoms with Gasteiger partial charge in [0.15, 0.2) is 0 Å². The Kier molecular flexibility index (Phi) is 3.45. The molecule has 1 aromatic heterocycles. The van der Waals surface area contributed by atoms with Gasteiger partial charge in [-0.25, -0.2) is 4.98 Å². The van der Waals surface area contributed by atoms with Gasteiger partial charge in [0.2, 0.25) is 0 Å². The van der Waals surface area contributed by atoms with Gasteiger partial charge in [-0.3, -0.25) is 0 Å². The van der Waals surface area contributed by atoms with Gasteiger partial charge >= 0.3 is 7.12 Å². The van der Waals surface area contributed by atoms with Gasteiger partial charge in [-0.15, -0.1) is 11.3 Å². The average molecular weight is 327 g/mol. The van der Waals surface area contributed by atoms with Crippen molar-refractivity contribution in [2.45, 2.75) is 57.7 Å². The van der Waals surface area contributed by atoms with Crippen molar-refractivity contribution in [2.75, 3.05) is 0 Å². The normalized spacial score (nSPS) is 22.5. The van der Waals surface area contributed by atoms with E-state index in [1.165, 1.54) is 24.0 Å². The smallest absolute Gasteiger partial charge is 0.399 e. The minimum Gasteiger partial charge on any atom is -0.399 e. The van der Waals surface area contributed by atoms with Crippen molar-refractivity contribution < 1.29 is 9.31 Å². The fourth-order valence-electron chi connectivity index (χ4n) is 2.95. The second-order valence-corrected chi connectivity index (χ2v) is 8.34. The maximum atomic E-state index is 6.24. The molecule has 2 aromatic rings. The van der Waals surface area contributed by atoms with Crippen molar-refractivity contribution in [3.63, 3.8) is 0 Å². The molecule has 0 bridgehead atoms.